The van der Waals surface area contributed by atoms with Crippen LogP contribution in [0.4, 0.5) is 22.0 Å². The Bertz CT molecular complexity index is 410. The number of thiophene rings is 1. The van der Waals surface area contributed by atoms with Gasteiger partial charge in [0.25, 0.3) is 0 Å². The van der Waals surface area contributed by atoms with Crippen molar-refractivity contribution in [1.82, 2.24) is 0 Å². The molecule has 1 rings (SSSR count). The van der Waals surface area contributed by atoms with Crippen LogP contribution in [-0.2, 0) is 21.6 Å². The Balaban J connectivity index is 3.00. The smallest absolute Gasteiger partial charge is 0.425 e. The maximum atomic E-state index is 13.3. The van der Waals surface area contributed by atoms with Crippen LogP contribution in [0.5, 0.6) is 0 Å². The summed E-state index contributed by atoms with van der Waals surface area (Å²) >= 11 is -0.175. The van der Waals surface area contributed by atoms with Gasteiger partial charge in [0.05, 0.1) is 11.5 Å². The molecule has 0 amide bonds. The van der Waals surface area contributed by atoms with Crippen molar-refractivity contribution in [2.45, 2.75) is 19.0 Å². The average Bonchev–Trinajstić information content (AvgIpc) is 2.66. The molecule has 0 spiro atoms. The summed E-state index contributed by atoms with van der Waals surface area (Å²) in [4.78, 5) is 8.71. The third-order valence-corrected chi connectivity index (χ3v) is 2.93. The van der Waals surface area contributed by atoms with Crippen LogP contribution in [0.3, 0.4) is 0 Å². The Hall–Kier alpha value is -1.18. The molecule has 8 heteroatoms. The Morgan fingerprint density at radius 1 is 1.24 bits per heavy atom. The van der Waals surface area contributed by atoms with E-state index >= 15 is 0 Å². The molecule has 0 aliphatic rings. The molecule has 0 saturated heterocycles. The third-order valence-electron chi connectivity index (χ3n) is 1.73. The van der Waals surface area contributed by atoms with Crippen LogP contribution < -0.4 is 0 Å². The SMILES string of the molecule is CCOC(=O)C(F)(F)c1ccc(C(F)(F)F)s1. The van der Waals surface area contributed by atoms with Crippen molar-refractivity contribution >= 4 is 17.3 Å². The molecule has 0 aliphatic carbocycles. The molecule has 1 aromatic rings. The van der Waals surface area contributed by atoms with Crippen LogP contribution in [0.25, 0.3) is 0 Å². The highest BCUT2D eigenvalue weighted by atomic mass is 32.1. The number of esters is 1. The van der Waals surface area contributed by atoms with E-state index in [-0.39, 0.29) is 17.9 Å². The minimum absolute atomic E-state index is 0.175. The maximum Gasteiger partial charge on any atom is 0.425 e. The summed E-state index contributed by atoms with van der Waals surface area (Å²) in [6.45, 7) is 1.05. The molecule has 0 unspecified atom stereocenters. The molecular weight excluding hydrogens is 267 g/mol. The first-order valence-electron chi connectivity index (χ1n) is 4.42. The highest BCUT2D eigenvalue weighted by Gasteiger charge is 2.45. The molecule has 0 bridgehead atoms. The summed E-state index contributed by atoms with van der Waals surface area (Å²) in [6, 6.07) is 1.08. The summed E-state index contributed by atoms with van der Waals surface area (Å²) in [6.07, 6.45) is -4.70. The van der Waals surface area contributed by atoms with Gasteiger partial charge in [-0.1, -0.05) is 0 Å². The second-order valence-electron chi connectivity index (χ2n) is 2.96. The zero-order chi connectivity index (χ0) is 13.3. The van der Waals surface area contributed by atoms with Gasteiger partial charge in [0, 0.05) is 0 Å². The van der Waals surface area contributed by atoms with E-state index in [0.717, 1.165) is 0 Å². The van der Waals surface area contributed by atoms with Crippen molar-refractivity contribution in [2.75, 3.05) is 6.61 Å². The average molecular weight is 274 g/mol. The zero-order valence-corrected chi connectivity index (χ0v) is 9.29. The monoisotopic (exact) mass is 274 g/mol. The van der Waals surface area contributed by atoms with Crippen molar-refractivity contribution in [3.8, 4) is 0 Å². The number of hydrogen-bond acceptors (Lipinski definition) is 3. The Morgan fingerprint density at radius 2 is 1.76 bits per heavy atom. The van der Waals surface area contributed by atoms with Crippen molar-refractivity contribution in [3.05, 3.63) is 21.9 Å². The van der Waals surface area contributed by atoms with Gasteiger partial charge in [-0.3, -0.25) is 0 Å². The van der Waals surface area contributed by atoms with E-state index in [2.05, 4.69) is 4.74 Å². The van der Waals surface area contributed by atoms with E-state index in [1.807, 2.05) is 0 Å². The van der Waals surface area contributed by atoms with E-state index in [0.29, 0.717) is 12.1 Å². The van der Waals surface area contributed by atoms with Gasteiger partial charge in [-0.25, -0.2) is 4.79 Å². The van der Waals surface area contributed by atoms with E-state index in [1.54, 1.807) is 0 Å². The fourth-order valence-electron chi connectivity index (χ4n) is 0.981. The number of rotatable bonds is 3. The van der Waals surface area contributed by atoms with Crippen LogP contribution in [0.1, 0.15) is 16.7 Å². The van der Waals surface area contributed by atoms with Gasteiger partial charge in [-0.15, -0.1) is 11.3 Å². The molecule has 0 atom stereocenters. The summed E-state index contributed by atoms with van der Waals surface area (Å²) < 4.78 is 67.3. The van der Waals surface area contributed by atoms with Crippen molar-refractivity contribution in [1.29, 1.82) is 0 Å². The molecule has 0 saturated carbocycles. The van der Waals surface area contributed by atoms with Gasteiger partial charge < -0.3 is 4.74 Å². The van der Waals surface area contributed by atoms with Crippen LogP contribution in [-0.4, -0.2) is 12.6 Å². The van der Waals surface area contributed by atoms with Crippen LogP contribution in [0, 0.1) is 0 Å². The van der Waals surface area contributed by atoms with Gasteiger partial charge in [-0.2, -0.15) is 22.0 Å². The number of hydrogen-bond donors (Lipinski definition) is 0. The van der Waals surface area contributed by atoms with Gasteiger partial charge in [0.2, 0.25) is 0 Å². The fourth-order valence-corrected chi connectivity index (χ4v) is 1.82. The summed E-state index contributed by atoms with van der Waals surface area (Å²) in [7, 11) is 0. The number of carbonyl (C=O) groups excluding carboxylic acids is 1. The lowest BCUT2D eigenvalue weighted by Gasteiger charge is -2.12. The topological polar surface area (TPSA) is 26.3 Å². The Kier molecular flexibility index (Phi) is 3.75. The molecule has 0 aliphatic heterocycles. The first-order valence-corrected chi connectivity index (χ1v) is 5.23. The molecule has 0 fully saturated rings. The standard InChI is InChI=1S/C9H7F5O2S/c1-2-16-7(15)8(10,11)5-3-4-6(17-5)9(12,13)14/h3-4H,2H2,1H3. The van der Waals surface area contributed by atoms with Crippen molar-refractivity contribution < 1.29 is 31.5 Å². The molecule has 0 N–H and O–H groups in total. The van der Waals surface area contributed by atoms with Crippen molar-refractivity contribution in [3.63, 3.8) is 0 Å². The zero-order valence-electron chi connectivity index (χ0n) is 8.48. The number of halogens is 5. The summed E-state index contributed by atoms with van der Waals surface area (Å²) in [5.74, 6) is -5.90. The maximum absolute atomic E-state index is 13.3. The highest BCUT2D eigenvalue weighted by Crippen LogP contribution is 2.40. The number of carbonyl (C=O) groups is 1. The minimum Gasteiger partial charge on any atom is -0.461 e. The molecule has 1 heterocycles. The normalized spacial score (nSPS) is 12.6. The van der Waals surface area contributed by atoms with Gasteiger partial charge >= 0.3 is 18.1 Å². The second kappa shape index (κ2) is 4.59. The predicted octanol–water partition coefficient (Wildman–Crippen LogP) is 3.42. The minimum atomic E-state index is -4.70. The molecule has 2 nitrogen and oxygen atoms in total. The quantitative estimate of drug-likeness (QED) is 0.623. The van der Waals surface area contributed by atoms with Crippen LogP contribution in [0.2, 0.25) is 0 Å². The third kappa shape index (κ3) is 2.93. The fraction of sp³-hybridized carbons (Fsp3) is 0.444. The predicted molar refractivity (Wildman–Crippen MR) is 49.8 cm³/mol. The Morgan fingerprint density at radius 3 is 2.18 bits per heavy atom. The summed E-state index contributed by atoms with van der Waals surface area (Å²) in [5, 5.41) is 0. The number of alkyl halides is 5. The molecule has 0 radical (unpaired) electrons. The van der Waals surface area contributed by atoms with Gasteiger partial charge in [-0.05, 0) is 19.1 Å². The highest BCUT2D eigenvalue weighted by molar-refractivity contribution is 7.12. The van der Waals surface area contributed by atoms with E-state index in [9.17, 15) is 26.7 Å². The van der Waals surface area contributed by atoms with E-state index < -0.39 is 27.8 Å². The van der Waals surface area contributed by atoms with Gasteiger partial charge in [0.15, 0.2) is 0 Å². The first-order chi connectivity index (χ1) is 7.69. The molecule has 0 aromatic carbocycles. The number of ether oxygens (including phenoxy) is 1. The molecular formula is C9H7F5O2S. The second-order valence-corrected chi connectivity index (χ2v) is 4.04. The Labute approximate surface area is 97.0 Å². The largest absolute Gasteiger partial charge is 0.461 e. The van der Waals surface area contributed by atoms with Crippen LogP contribution in [0.15, 0.2) is 12.1 Å². The van der Waals surface area contributed by atoms with Gasteiger partial charge in [0.1, 0.15) is 4.88 Å². The molecule has 17 heavy (non-hydrogen) atoms. The molecule has 96 valence electrons. The molecule has 1 aromatic heterocycles. The lowest BCUT2D eigenvalue weighted by molar-refractivity contribution is -0.172. The van der Waals surface area contributed by atoms with Crippen molar-refractivity contribution in [2.24, 2.45) is 0 Å². The lowest BCUT2D eigenvalue weighted by Crippen LogP contribution is -2.27. The summed E-state index contributed by atoms with van der Waals surface area (Å²) in [5.41, 5.74) is 0. The first kappa shape index (κ1) is 13.9. The van der Waals surface area contributed by atoms with Crippen LogP contribution >= 0.6 is 11.3 Å². The van der Waals surface area contributed by atoms with E-state index in [4.69, 9.17) is 0 Å². The van der Waals surface area contributed by atoms with E-state index in [1.165, 1.54) is 6.92 Å². The lowest BCUT2D eigenvalue weighted by atomic mass is 10.3.